The summed E-state index contributed by atoms with van der Waals surface area (Å²) in [6, 6.07) is 14.6. The van der Waals surface area contributed by atoms with Crippen LogP contribution in [-0.2, 0) is 6.42 Å². The first-order chi connectivity index (χ1) is 12.9. The lowest BCUT2D eigenvalue weighted by atomic mass is 10.1. The van der Waals surface area contributed by atoms with Crippen molar-refractivity contribution in [2.24, 2.45) is 0 Å². The van der Waals surface area contributed by atoms with Crippen molar-refractivity contribution in [2.75, 3.05) is 6.54 Å². The molecular weight excluding hydrogens is 342 g/mol. The van der Waals surface area contributed by atoms with Crippen molar-refractivity contribution < 1.29 is 13.9 Å². The van der Waals surface area contributed by atoms with Gasteiger partial charge in [0.05, 0.1) is 11.7 Å². The molecule has 0 aliphatic heterocycles. The Morgan fingerprint density at radius 1 is 1.11 bits per heavy atom. The van der Waals surface area contributed by atoms with Crippen LogP contribution in [0.1, 0.15) is 35.3 Å². The van der Waals surface area contributed by atoms with E-state index in [-0.39, 0.29) is 12.0 Å². The number of rotatable bonds is 6. The Morgan fingerprint density at radius 2 is 1.85 bits per heavy atom. The van der Waals surface area contributed by atoms with E-state index in [9.17, 15) is 9.59 Å². The van der Waals surface area contributed by atoms with Crippen molar-refractivity contribution in [2.45, 2.75) is 33.3 Å². The lowest BCUT2D eigenvalue weighted by Gasteiger charge is -2.11. The van der Waals surface area contributed by atoms with Crippen LogP contribution >= 0.6 is 0 Å². The van der Waals surface area contributed by atoms with Crippen LogP contribution in [0, 0.1) is 6.92 Å². The molecule has 3 aromatic rings. The minimum atomic E-state index is -0.562. The smallest absolute Gasteiger partial charge is 0.337 e. The van der Waals surface area contributed by atoms with Gasteiger partial charge in [0, 0.05) is 24.1 Å². The number of ether oxygens (including phenoxy) is 1. The Hall–Kier alpha value is -3.08. The summed E-state index contributed by atoms with van der Waals surface area (Å²) in [7, 11) is 0. The molecule has 1 heterocycles. The van der Waals surface area contributed by atoms with Gasteiger partial charge in [-0.3, -0.25) is 4.79 Å². The van der Waals surface area contributed by atoms with Crippen LogP contribution in [-0.4, -0.2) is 18.6 Å². The Labute approximate surface area is 158 Å². The summed E-state index contributed by atoms with van der Waals surface area (Å²) in [5.74, 6) is 0.301. The van der Waals surface area contributed by atoms with Crippen molar-refractivity contribution in [3.63, 3.8) is 0 Å². The fourth-order valence-corrected chi connectivity index (χ4v) is 2.85. The van der Waals surface area contributed by atoms with Gasteiger partial charge in [0.2, 0.25) is 0 Å². The molecule has 1 aromatic heterocycles. The second-order valence-electron chi connectivity index (χ2n) is 6.80. The fourth-order valence-electron chi connectivity index (χ4n) is 2.85. The Morgan fingerprint density at radius 3 is 2.56 bits per heavy atom. The Bertz CT molecular complexity index is 1000. The molecule has 5 heteroatoms. The van der Waals surface area contributed by atoms with Gasteiger partial charge >= 0.3 is 5.63 Å². The van der Waals surface area contributed by atoms with Gasteiger partial charge in [-0.25, -0.2) is 4.79 Å². The van der Waals surface area contributed by atoms with Crippen molar-refractivity contribution in [1.82, 2.24) is 5.32 Å². The number of hydrogen-bond donors (Lipinski definition) is 1. The number of fused-ring (bicyclic) bond motifs is 1. The van der Waals surface area contributed by atoms with E-state index < -0.39 is 5.63 Å². The number of benzene rings is 2. The van der Waals surface area contributed by atoms with Gasteiger partial charge in [-0.1, -0.05) is 29.8 Å². The second kappa shape index (κ2) is 8.08. The third-order valence-corrected chi connectivity index (χ3v) is 4.15. The highest BCUT2D eigenvalue weighted by atomic mass is 16.5. The molecule has 0 bridgehead atoms. The van der Waals surface area contributed by atoms with Gasteiger partial charge in [-0.05, 0) is 44.9 Å². The molecule has 5 nitrogen and oxygen atoms in total. The van der Waals surface area contributed by atoms with Crippen LogP contribution in [0.25, 0.3) is 11.0 Å². The lowest BCUT2D eigenvalue weighted by molar-refractivity contribution is 0.0955. The molecule has 3 rings (SSSR count). The first kappa shape index (κ1) is 18.7. The number of amides is 1. The topological polar surface area (TPSA) is 68.5 Å². The number of carbonyl (C=O) groups is 1. The van der Waals surface area contributed by atoms with E-state index in [2.05, 4.69) is 5.32 Å². The van der Waals surface area contributed by atoms with Gasteiger partial charge in [-0.2, -0.15) is 0 Å². The molecule has 1 N–H and O–H groups in total. The fraction of sp³-hybridized carbons (Fsp3) is 0.273. The molecule has 0 fully saturated rings. The van der Waals surface area contributed by atoms with Gasteiger partial charge in [0.25, 0.3) is 5.91 Å². The molecule has 0 radical (unpaired) electrons. The highest BCUT2D eigenvalue weighted by molar-refractivity contribution is 6.05. The number of nitrogens with one attached hydrogen (secondary N) is 1. The zero-order valence-electron chi connectivity index (χ0n) is 15.7. The summed E-state index contributed by atoms with van der Waals surface area (Å²) in [6.07, 6.45) is 0.722. The lowest BCUT2D eigenvalue weighted by Crippen LogP contribution is -2.26. The van der Waals surface area contributed by atoms with Gasteiger partial charge in [0.15, 0.2) is 0 Å². The van der Waals surface area contributed by atoms with Crippen molar-refractivity contribution in [3.05, 3.63) is 75.6 Å². The van der Waals surface area contributed by atoms with Crippen LogP contribution in [0.4, 0.5) is 0 Å². The molecule has 0 aliphatic carbocycles. The van der Waals surface area contributed by atoms with E-state index in [1.807, 2.05) is 45.0 Å². The van der Waals surface area contributed by atoms with Crippen LogP contribution in [0.5, 0.6) is 5.75 Å². The molecule has 0 saturated heterocycles. The average Bonchev–Trinajstić information content (AvgIpc) is 2.61. The summed E-state index contributed by atoms with van der Waals surface area (Å²) in [4.78, 5) is 24.5. The molecule has 0 aliphatic rings. The first-order valence-electron chi connectivity index (χ1n) is 9.00. The molecule has 0 unspecified atom stereocenters. The zero-order valence-corrected chi connectivity index (χ0v) is 15.7. The summed E-state index contributed by atoms with van der Waals surface area (Å²) in [5.41, 5.74) is 2.43. The predicted octanol–water partition coefficient (Wildman–Crippen LogP) is 3.86. The van der Waals surface area contributed by atoms with Gasteiger partial charge in [0.1, 0.15) is 11.3 Å². The normalized spacial score (nSPS) is 11.0. The highest BCUT2D eigenvalue weighted by Crippen LogP contribution is 2.23. The van der Waals surface area contributed by atoms with E-state index in [1.165, 1.54) is 11.6 Å². The standard InChI is InChI=1S/C22H23NO4/c1-14(2)26-17-8-9-18-19(13-21(24)27-20(18)12-17)22(25)23-11-10-16-6-4-15(3)5-7-16/h4-9,12-14H,10-11H2,1-3H3,(H,23,25). The largest absolute Gasteiger partial charge is 0.491 e. The SMILES string of the molecule is Cc1ccc(CCNC(=O)c2cc(=O)oc3cc(OC(C)C)ccc23)cc1. The first-order valence-corrected chi connectivity index (χ1v) is 9.00. The third kappa shape index (κ3) is 4.76. The molecule has 0 saturated carbocycles. The summed E-state index contributed by atoms with van der Waals surface area (Å²) in [5, 5.41) is 3.46. The monoisotopic (exact) mass is 365 g/mol. The van der Waals surface area contributed by atoms with Gasteiger partial charge in [-0.15, -0.1) is 0 Å². The minimum absolute atomic E-state index is 0.00225. The summed E-state index contributed by atoms with van der Waals surface area (Å²) in [6.45, 7) is 6.35. The average molecular weight is 365 g/mol. The molecule has 27 heavy (non-hydrogen) atoms. The third-order valence-electron chi connectivity index (χ3n) is 4.15. The molecule has 0 spiro atoms. The molecule has 2 aromatic carbocycles. The number of aryl methyl sites for hydroxylation is 1. The van der Waals surface area contributed by atoms with Crippen LogP contribution < -0.4 is 15.7 Å². The van der Waals surface area contributed by atoms with Crippen molar-refractivity contribution in [1.29, 1.82) is 0 Å². The van der Waals surface area contributed by atoms with Gasteiger partial charge < -0.3 is 14.5 Å². The van der Waals surface area contributed by atoms with Crippen molar-refractivity contribution in [3.8, 4) is 5.75 Å². The maximum atomic E-state index is 12.6. The number of carbonyl (C=O) groups excluding carboxylic acids is 1. The summed E-state index contributed by atoms with van der Waals surface area (Å²) >= 11 is 0. The molecular formula is C22H23NO4. The summed E-state index contributed by atoms with van der Waals surface area (Å²) < 4.78 is 10.9. The Balaban J connectivity index is 1.77. The highest BCUT2D eigenvalue weighted by Gasteiger charge is 2.14. The van der Waals surface area contributed by atoms with E-state index in [4.69, 9.17) is 9.15 Å². The van der Waals surface area contributed by atoms with Crippen LogP contribution in [0.3, 0.4) is 0 Å². The molecule has 1 amide bonds. The van der Waals surface area contributed by atoms with Crippen LogP contribution in [0.2, 0.25) is 0 Å². The maximum Gasteiger partial charge on any atom is 0.337 e. The molecule has 140 valence electrons. The zero-order chi connectivity index (χ0) is 19.4. The number of hydrogen-bond acceptors (Lipinski definition) is 4. The van der Waals surface area contributed by atoms with E-state index >= 15 is 0 Å². The maximum absolute atomic E-state index is 12.6. The van der Waals surface area contributed by atoms with E-state index in [0.717, 1.165) is 12.0 Å². The van der Waals surface area contributed by atoms with Crippen LogP contribution in [0.15, 0.2) is 57.7 Å². The Kier molecular flexibility index (Phi) is 5.60. The molecule has 0 atom stereocenters. The second-order valence-corrected chi connectivity index (χ2v) is 6.80. The van der Waals surface area contributed by atoms with E-state index in [0.29, 0.717) is 28.8 Å². The quantitative estimate of drug-likeness (QED) is 0.674. The predicted molar refractivity (Wildman–Crippen MR) is 105 cm³/mol. The van der Waals surface area contributed by atoms with E-state index in [1.54, 1.807) is 18.2 Å². The minimum Gasteiger partial charge on any atom is -0.491 e. The van der Waals surface area contributed by atoms with Crippen molar-refractivity contribution >= 4 is 16.9 Å².